The van der Waals surface area contributed by atoms with Gasteiger partial charge in [-0.3, -0.25) is 10.1 Å². The highest BCUT2D eigenvalue weighted by Gasteiger charge is 2.38. The Morgan fingerprint density at radius 3 is 2.18 bits per heavy atom. The maximum atomic E-state index is 13.9. The van der Waals surface area contributed by atoms with E-state index in [1.54, 1.807) is 6.07 Å². The number of rotatable bonds is 3. The van der Waals surface area contributed by atoms with Crippen LogP contribution in [-0.2, 0) is 0 Å². The van der Waals surface area contributed by atoms with Crippen molar-refractivity contribution < 1.29 is 31.5 Å². The Bertz CT molecular complexity index is 957. The summed E-state index contributed by atoms with van der Waals surface area (Å²) in [6, 6.07) is 8.17. The van der Waals surface area contributed by atoms with Crippen molar-refractivity contribution in [2.45, 2.75) is 13.1 Å². The predicted octanol–water partition coefficient (Wildman–Crippen LogP) is 5.78. The van der Waals surface area contributed by atoms with E-state index in [9.17, 15) is 31.5 Å². The molecule has 4 nitrogen and oxygen atoms in total. The van der Waals surface area contributed by atoms with Crippen LogP contribution in [0.4, 0.5) is 32.4 Å². The summed E-state index contributed by atoms with van der Waals surface area (Å²) >= 11 is 5.84. The number of carbonyl (C=O) groups excluding carboxylic acids is 2. The molecular weight excluding hydrogens is 407 g/mol. The topological polar surface area (TPSA) is 58.2 Å². The monoisotopic (exact) mass is 418 g/mol. The second-order valence-electron chi connectivity index (χ2n) is 5.49. The van der Waals surface area contributed by atoms with Crippen molar-refractivity contribution in [3.05, 3.63) is 70.0 Å². The first-order valence-corrected chi connectivity index (χ1v) is 7.99. The van der Waals surface area contributed by atoms with E-state index >= 15 is 0 Å². The fraction of sp³-hybridized carbons (Fsp3) is 0.111. The van der Waals surface area contributed by atoms with E-state index in [0.29, 0.717) is 0 Å². The fourth-order valence-electron chi connectivity index (χ4n) is 2.22. The Balaban J connectivity index is 2.23. The number of halogens is 6. The average Bonchev–Trinajstić information content (AvgIpc) is 2.61. The van der Waals surface area contributed by atoms with Crippen LogP contribution < -0.4 is 10.6 Å². The normalized spacial score (nSPS) is 12.2. The first kappa shape index (κ1) is 21.4. The van der Waals surface area contributed by atoms with Crippen molar-refractivity contribution >= 4 is 35.1 Å². The van der Waals surface area contributed by atoms with Crippen LogP contribution in [-0.4, -0.2) is 18.1 Å². The molecule has 0 aliphatic rings. The minimum Gasteiger partial charge on any atom is -0.307 e. The smallest absolute Gasteiger partial charge is 0.307 e. The van der Waals surface area contributed by atoms with Crippen LogP contribution in [0.5, 0.6) is 0 Å². The molecular formula is C18H12ClF5N2O2. The van der Waals surface area contributed by atoms with Gasteiger partial charge >= 0.3 is 12.2 Å². The third-order valence-corrected chi connectivity index (χ3v) is 3.94. The molecule has 2 aromatic carbocycles. The number of anilines is 1. The third-order valence-electron chi connectivity index (χ3n) is 3.61. The van der Waals surface area contributed by atoms with E-state index in [0.717, 1.165) is 12.1 Å². The SMILES string of the molecule is Cc1c(NC(=O)NC(=O)c2ccccc2Cl)cccc1C(F)=C(F)C(F)(F)F. The Morgan fingerprint density at radius 1 is 0.964 bits per heavy atom. The van der Waals surface area contributed by atoms with E-state index in [1.165, 1.54) is 31.2 Å². The van der Waals surface area contributed by atoms with Gasteiger partial charge in [-0.2, -0.15) is 17.6 Å². The molecule has 0 aliphatic carbocycles. The van der Waals surface area contributed by atoms with Crippen LogP contribution in [0.25, 0.3) is 5.83 Å². The van der Waals surface area contributed by atoms with Gasteiger partial charge in [0, 0.05) is 11.3 Å². The molecule has 0 atom stereocenters. The number of nitrogens with one attached hydrogen (secondary N) is 2. The summed E-state index contributed by atoms with van der Waals surface area (Å²) in [5.74, 6) is -5.82. The molecule has 0 heterocycles. The number of urea groups is 1. The minimum atomic E-state index is -5.49. The summed E-state index contributed by atoms with van der Waals surface area (Å²) < 4.78 is 64.1. The highest BCUT2D eigenvalue weighted by molar-refractivity contribution is 6.34. The number of amides is 3. The Kier molecular flexibility index (Phi) is 6.40. The number of carbonyl (C=O) groups is 2. The van der Waals surface area contributed by atoms with Gasteiger partial charge in [-0.25, -0.2) is 9.18 Å². The summed E-state index contributed by atoms with van der Waals surface area (Å²) in [6.07, 6.45) is -5.49. The number of hydrogen-bond acceptors (Lipinski definition) is 2. The molecule has 0 fully saturated rings. The van der Waals surface area contributed by atoms with Crippen molar-refractivity contribution in [3.8, 4) is 0 Å². The number of alkyl halides is 3. The lowest BCUT2D eigenvalue weighted by atomic mass is 10.0. The first-order chi connectivity index (χ1) is 13.0. The van der Waals surface area contributed by atoms with Crippen molar-refractivity contribution in [2.24, 2.45) is 0 Å². The van der Waals surface area contributed by atoms with E-state index in [1.807, 2.05) is 5.32 Å². The van der Waals surface area contributed by atoms with E-state index in [4.69, 9.17) is 11.6 Å². The summed E-state index contributed by atoms with van der Waals surface area (Å²) in [4.78, 5) is 24.0. The number of benzene rings is 2. The molecule has 28 heavy (non-hydrogen) atoms. The van der Waals surface area contributed by atoms with Gasteiger partial charge in [0.25, 0.3) is 5.91 Å². The third kappa shape index (κ3) is 4.86. The summed E-state index contributed by atoms with van der Waals surface area (Å²) in [5, 5.41) is 4.27. The minimum absolute atomic E-state index is 0.0195. The van der Waals surface area contributed by atoms with Gasteiger partial charge in [-0.05, 0) is 30.7 Å². The highest BCUT2D eigenvalue weighted by Crippen LogP contribution is 2.36. The zero-order valence-corrected chi connectivity index (χ0v) is 14.9. The maximum Gasteiger partial charge on any atom is 0.445 e. The van der Waals surface area contributed by atoms with Crippen LogP contribution in [0.15, 0.2) is 48.3 Å². The van der Waals surface area contributed by atoms with E-state index in [-0.39, 0.29) is 21.8 Å². The van der Waals surface area contributed by atoms with Crippen LogP contribution in [0.1, 0.15) is 21.5 Å². The lowest BCUT2D eigenvalue weighted by molar-refractivity contribution is -0.108. The Labute approximate surface area is 161 Å². The van der Waals surface area contributed by atoms with Gasteiger partial charge in [0.1, 0.15) is 0 Å². The van der Waals surface area contributed by atoms with Crippen LogP contribution >= 0.6 is 11.6 Å². The molecule has 0 aromatic heterocycles. The van der Waals surface area contributed by atoms with Crippen LogP contribution in [0, 0.1) is 6.92 Å². The predicted molar refractivity (Wildman–Crippen MR) is 94.3 cm³/mol. The Morgan fingerprint density at radius 2 is 1.57 bits per heavy atom. The lowest BCUT2D eigenvalue weighted by Gasteiger charge is -2.13. The van der Waals surface area contributed by atoms with Crippen LogP contribution in [0.3, 0.4) is 0 Å². The van der Waals surface area contributed by atoms with E-state index in [2.05, 4.69) is 5.32 Å². The molecule has 2 N–H and O–H groups in total. The summed E-state index contributed by atoms with van der Waals surface area (Å²) in [7, 11) is 0. The molecule has 148 valence electrons. The van der Waals surface area contributed by atoms with Gasteiger partial charge in [-0.1, -0.05) is 35.9 Å². The molecule has 0 saturated carbocycles. The van der Waals surface area contributed by atoms with Crippen molar-refractivity contribution in [2.75, 3.05) is 5.32 Å². The largest absolute Gasteiger partial charge is 0.445 e. The maximum absolute atomic E-state index is 13.9. The fourth-order valence-corrected chi connectivity index (χ4v) is 2.44. The van der Waals surface area contributed by atoms with Crippen molar-refractivity contribution in [1.29, 1.82) is 0 Å². The molecule has 0 radical (unpaired) electrons. The molecule has 0 spiro atoms. The zero-order valence-electron chi connectivity index (χ0n) is 14.1. The van der Waals surface area contributed by atoms with Gasteiger partial charge < -0.3 is 5.32 Å². The second-order valence-corrected chi connectivity index (χ2v) is 5.90. The molecule has 0 bridgehead atoms. The molecule has 2 rings (SSSR count). The van der Waals surface area contributed by atoms with Gasteiger partial charge in [0.05, 0.1) is 10.6 Å². The molecule has 10 heteroatoms. The number of hydrogen-bond donors (Lipinski definition) is 2. The quantitative estimate of drug-likeness (QED) is 0.621. The average molecular weight is 419 g/mol. The molecule has 0 aliphatic heterocycles. The second kappa shape index (κ2) is 8.39. The van der Waals surface area contributed by atoms with Crippen LogP contribution in [0.2, 0.25) is 5.02 Å². The molecule has 0 unspecified atom stereocenters. The summed E-state index contributed by atoms with van der Waals surface area (Å²) in [6.45, 7) is 1.18. The molecule has 0 saturated heterocycles. The van der Waals surface area contributed by atoms with Crippen molar-refractivity contribution in [3.63, 3.8) is 0 Å². The summed E-state index contributed by atoms with van der Waals surface area (Å²) in [5.41, 5.74) is -0.956. The van der Waals surface area contributed by atoms with Gasteiger partial charge in [-0.15, -0.1) is 0 Å². The number of imide groups is 1. The van der Waals surface area contributed by atoms with Gasteiger partial charge in [0.2, 0.25) is 5.83 Å². The molecule has 3 amide bonds. The lowest BCUT2D eigenvalue weighted by Crippen LogP contribution is -2.34. The number of allylic oxidation sites excluding steroid dienone is 1. The molecule has 2 aromatic rings. The first-order valence-electron chi connectivity index (χ1n) is 7.61. The highest BCUT2D eigenvalue weighted by atomic mass is 35.5. The Hall–Kier alpha value is -2.94. The standard InChI is InChI=1S/C18H12ClF5N2O2/c1-9-10(14(20)15(21)18(22,23)24)6-4-8-13(9)25-17(28)26-16(27)11-5-2-3-7-12(11)19/h2-8H,1H3,(H2,25,26,27,28). The van der Waals surface area contributed by atoms with Gasteiger partial charge in [0.15, 0.2) is 5.83 Å². The van der Waals surface area contributed by atoms with E-state index < -0.39 is 35.3 Å². The zero-order chi connectivity index (χ0) is 21.1. The van der Waals surface area contributed by atoms with Crippen molar-refractivity contribution in [1.82, 2.24) is 5.32 Å².